The van der Waals surface area contributed by atoms with Crippen LogP contribution in [-0.2, 0) is 6.42 Å². The summed E-state index contributed by atoms with van der Waals surface area (Å²) < 4.78 is 47.0. The van der Waals surface area contributed by atoms with Gasteiger partial charge in [-0.25, -0.2) is 13.2 Å². The second-order valence-corrected chi connectivity index (χ2v) is 7.24. The summed E-state index contributed by atoms with van der Waals surface area (Å²) in [6.45, 7) is 5.44. The van der Waals surface area contributed by atoms with Crippen molar-refractivity contribution in [2.24, 2.45) is 0 Å². The van der Waals surface area contributed by atoms with Crippen molar-refractivity contribution in [3.05, 3.63) is 94.8 Å². The molecule has 0 spiro atoms. The van der Waals surface area contributed by atoms with Gasteiger partial charge in [0.2, 0.25) is 0 Å². The van der Waals surface area contributed by atoms with Gasteiger partial charge in [-0.3, -0.25) is 0 Å². The molecule has 2 N–H and O–H groups in total. The third-order valence-corrected chi connectivity index (χ3v) is 4.90. The van der Waals surface area contributed by atoms with E-state index in [0.29, 0.717) is 5.56 Å². The lowest BCUT2D eigenvalue weighted by Crippen LogP contribution is -2.05. The van der Waals surface area contributed by atoms with Crippen molar-refractivity contribution >= 4 is 35.1 Å². The van der Waals surface area contributed by atoms with Crippen LogP contribution in [0.5, 0.6) is 0 Å². The Labute approximate surface area is 173 Å². The minimum absolute atomic E-state index is 0.0700. The van der Waals surface area contributed by atoms with Gasteiger partial charge in [0.25, 0.3) is 0 Å². The minimum atomic E-state index is -1.06. The molecule has 0 aliphatic rings. The maximum atomic E-state index is 14.9. The Hall–Kier alpha value is -2.86. The standard InChI is InChI=1S/C23H21F3N2S/c1-4-16-13-17(11-15-6-5-7-18(12-15)28-29-3)21(25)22(26)23(16)27-20-9-8-14(2)10-19(20)24/h4-10,12-13,27-28H,1,11H2,2-3H3. The SMILES string of the molecule is C=Cc1cc(Cc2cccc(NSC)c2)c(F)c(F)c1Nc1ccc(C)cc1F. The molecule has 3 aromatic rings. The van der Waals surface area contributed by atoms with E-state index in [0.717, 1.165) is 16.8 Å². The lowest BCUT2D eigenvalue weighted by Gasteiger charge is -2.15. The zero-order valence-corrected chi connectivity index (χ0v) is 17.0. The lowest BCUT2D eigenvalue weighted by atomic mass is 9.99. The fourth-order valence-electron chi connectivity index (χ4n) is 3.06. The molecule has 150 valence electrons. The number of rotatable bonds is 7. The Morgan fingerprint density at radius 1 is 1.03 bits per heavy atom. The molecule has 0 amide bonds. The Morgan fingerprint density at radius 3 is 2.52 bits per heavy atom. The summed E-state index contributed by atoms with van der Waals surface area (Å²) in [4.78, 5) is 0. The molecular formula is C23H21F3N2S. The van der Waals surface area contributed by atoms with E-state index in [1.54, 1.807) is 13.0 Å². The summed E-state index contributed by atoms with van der Waals surface area (Å²) in [6, 6.07) is 13.5. The zero-order valence-electron chi connectivity index (χ0n) is 16.2. The fraction of sp³-hybridized carbons (Fsp3) is 0.130. The molecule has 0 fully saturated rings. The molecule has 0 saturated heterocycles. The molecule has 0 atom stereocenters. The molecular weight excluding hydrogens is 393 g/mol. The van der Waals surface area contributed by atoms with Crippen LogP contribution < -0.4 is 10.0 Å². The van der Waals surface area contributed by atoms with Gasteiger partial charge in [0, 0.05) is 23.9 Å². The van der Waals surface area contributed by atoms with Crippen LogP contribution in [0.2, 0.25) is 0 Å². The van der Waals surface area contributed by atoms with Crippen LogP contribution in [0.25, 0.3) is 6.08 Å². The third-order valence-electron chi connectivity index (χ3n) is 4.46. The van der Waals surface area contributed by atoms with E-state index in [2.05, 4.69) is 16.6 Å². The molecule has 0 bridgehead atoms. The highest BCUT2D eigenvalue weighted by atomic mass is 32.2. The quantitative estimate of drug-likeness (QED) is 0.404. The monoisotopic (exact) mass is 414 g/mol. The summed E-state index contributed by atoms with van der Waals surface area (Å²) in [7, 11) is 0. The van der Waals surface area contributed by atoms with E-state index >= 15 is 0 Å². The van der Waals surface area contributed by atoms with Gasteiger partial charge in [-0.1, -0.05) is 42.8 Å². The van der Waals surface area contributed by atoms with E-state index in [1.807, 2.05) is 30.5 Å². The van der Waals surface area contributed by atoms with Crippen molar-refractivity contribution in [3.8, 4) is 0 Å². The molecule has 6 heteroatoms. The van der Waals surface area contributed by atoms with E-state index in [9.17, 15) is 13.2 Å². The number of halogens is 3. The first kappa shape index (κ1) is 20.9. The van der Waals surface area contributed by atoms with Crippen molar-refractivity contribution in [2.75, 3.05) is 16.3 Å². The van der Waals surface area contributed by atoms with Gasteiger partial charge in [-0.15, -0.1) is 0 Å². The maximum absolute atomic E-state index is 14.9. The van der Waals surface area contributed by atoms with E-state index in [1.165, 1.54) is 36.2 Å². The van der Waals surface area contributed by atoms with Crippen LogP contribution in [0.1, 0.15) is 22.3 Å². The molecule has 0 heterocycles. The number of nitrogens with one attached hydrogen (secondary N) is 2. The highest BCUT2D eigenvalue weighted by Gasteiger charge is 2.19. The van der Waals surface area contributed by atoms with Gasteiger partial charge >= 0.3 is 0 Å². The molecule has 0 unspecified atom stereocenters. The molecule has 3 rings (SSSR count). The fourth-order valence-corrected chi connectivity index (χ4v) is 3.42. The van der Waals surface area contributed by atoms with Crippen molar-refractivity contribution in [1.29, 1.82) is 0 Å². The van der Waals surface area contributed by atoms with Crippen LogP contribution in [0, 0.1) is 24.4 Å². The molecule has 0 saturated carbocycles. The van der Waals surface area contributed by atoms with Crippen LogP contribution >= 0.6 is 11.9 Å². The predicted octanol–water partition coefficient (Wildman–Crippen LogP) is 7.08. The van der Waals surface area contributed by atoms with Gasteiger partial charge in [0.15, 0.2) is 11.6 Å². The Kier molecular flexibility index (Phi) is 6.54. The van der Waals surface area contributed by atoms with Crippen LogP contribution in [0.15, 0.2) is 55.1 Å². The van der Waals surface area contributed by atoms with Crippen molar-refractivity contribution in [3.63, 3.8) is 0 Å². The van der Waals surface area contributed by atoms with Gasteiger partial charge in [0.05, 0.1) is 11.4 Å². The maximum Gasteiger partial charge on any atom is 0.183 e. The zero-order chi connectivity index (χ0) is 21.0. The molecule has 3 aromatic carbocycles. The molecule has 2 nitrogen and oxygen atoms in total. The smallest absolute Gasteiger partial charge is 0.183 e. The first-order chi connectivity index (χ1) is 13.9. The van der Waals surface area contributed by atoms with E-state index in [4.69, 9.17) is 0 Å². The van der Waals surface area contributed by atoms with Crippen LogP contribution in [-0.4, -0.2) is 6.26 Å². The van der Waals surface area contributed by atoms with Crippen molar-refractivity contribution < 1.29 is 13.2 Å². The Bertz CT molecular complexity index is 1050. The summed E-state index contributed by atoms with van der Waals surface area (Å²) in [5.41, 5.74) is 2.95. The summed E-state index contributed by atoms with van der Waals surface area (Å²) >= 11 is 1.45. The summed E-state index contributed by atoms with van der Waals surface area (Å²) in [5, 5.41) is 2.67. The molecule has 29 heavy (non-hydrogen) atoms. The number of anilines is 3. The number of aryl methyl sites for hydroxylation is 1. The van der Waals surface area contributed by atoms with Gasteiger partial charge in [-0.2, -0.15) is 0 Å². The van der Waals surface area contributed by atoms with Gasteiger partial charge in [0.1, 0.15) is 5.82 Å². The van der Waals surface area contributed by atoms with Crippen LogP contribution in [0.3, 0.4) is 0 Å². The predicted molar refractivity (Wildman–Crippen MR) is 117 cm³/mol. The Balaban J connectivity index is 1.96. The molecule has 0 aromatic heterocycles. The van der Waals surface area contributed by atoms with Crippen LogP contribution in [0.4, 0.5) is 30.2 Å². The first-order valence-electron chi connectivity index (χ1n) is 8.97. The minimum Gasteiger partial charge on any atom is -0.350 e. The Morgan fingerprint density at radius 2 is 1.83 bits per heavy atom. The number of hydrogen-bond donors (Lipinski definition) is 2. The normalized spacial score (nSPS) is 10.7. The number of hydrogen-bond acceptors (Lipinski definition) is 3. The second-order valence-electron chi connectivity index (χ2n) is 6.62. The average molecular weight is 414 g/mol. The third kappa shape index (κ3) is 4.77. The van der Waals surface area contributed by atoms with Crippen molar-refractivity contribution in [1.82, 2.24) is 0 Å². The van der Waals surface area contributed by atoms with E-state index < -0.39 is 17.5 Å². The average Bonchev–Trinajstić information content (AvgIpc) is 2.70. The topological polar surface area (TPSA) is 24.1 Å². The summed E-state index contributed by atoms with van der Waals surface area (Å²) in [6.07, 6.45) is 3.54. The largest absolute Gasteiger partial charge is 0.350 e. The second kappa shape index (κ2) is 9.09. The first-order valence-corrected chi connectivity index (χ1v) is 10.2. The molecule has 0 aliphatic carbocycles. The van der Waals surface area contributed by atoms with Gasteiger partial charge < -0.3 is 10.0 Å². The summed E-state index contributed by atoms with van der Waals surface area (Å²) in [5.74, 6) is -2.56. The van der Waals surface area contributed by atoms with Crippen molar-refractivity contribution in [2.45, 2.75) is 13.3 Å². The highest BCUT2D eigenvalue weighted by molar-refractivity contribution is 7.99. The lowest BCUT2D eigenvalue weighted by molar-refractivity contribution is 0.503. The molecule has 0 aliphatic heterocycles. The number of benzene rings is 3. The van der Waals surface area contributed by atoms with Gasteiger partial charge in [-0.05, 0) is 53.9 Å². The van der Waals surface area contributed by atoms with E-state index in [-0.39, 0.29) is 23.4 Å². The highest BCUT2D eigenvalue weighted by Crippen LogP contribution is 2.32. The molecule has 0 radical (unpaired) electrons.